The van der Waals surface area contributed by atoms with Crippen LogP contribution in [-0.2, 0) is 10.1 Å². The number of hydrogen-bond acceptors (Lipinski definition) is 5. The minimum atomic E-state index is -4.51. The van der Waals surface area contributed by atoms with Crippen molar-refractivity contribution in [3.8, 4) is 0 Å². The number of hydrogen-bond donors (Lipinski definition) is 3. The summed E-state index contributed by atoms with van der Waals surface area (Å²) in [4.78, 5) is -0.470. The summed E-state index contributed by atoms with van der Waals surface area (Å²) < 4.78 is 31.5. The lowest BCUT2D eigenvalue weighted by molar-refractivity contribution is -0.648. The van der Waals surface area contributed by atoms with Gasteiger partial charge in [-0.25, -0.2) is 8.42 Å². The number of anilines is 2. The second-order valence-electron chi connectivity index (χ2n) is 3.36. The Hall–Kier alpha value is -1.31. The Bertz CT molecular complexity index is 444. The molecule has 6 nitrogen and oxygen atoms in total. The van der Waals surface area contributed by atoms with Crippen LogP contribution in [0.15, 0.2) is 23.1 Å². The molecule has 98 valence electrons. The van der Waals surface area contributed by atoms with Gasteiger partial charge in [0, 0.05) is 11.4 Å². The van der Waals surface area contributed by atoms with Gasteiger partial charge in [0.1, 0.15) is 10.1 Å². The Balaban J connectivity index is 0.000000437. The molecule has 0 heterocycles. The Morgan fingerprint density at radius 3 is 2.06 bits per heavy atom. The monoisotopic (exact) mass is 261 g/mol. The summed E-state index contributed by atoms with van der Waals surface area (Å²) in [6, 6.07) is 3.74. The molecule has 0 aliphatic rings. The number of quaternary nitrogens is 1. The summed E-state index contributed by atoms with van der Waals surface area (Å²) in [6.07, 6.45) is 0. The van der Waals surface area contributed by atoms with E-state index in [2.05, 4.69) is 19.2 Å². The molecule has 1 aromatic rings. The van der Waals surface area contributed by atoms with E-state index in [0.29, 0.717) is 0 Å². The van der Waals surface area contributed by atoms with E-state index in [9.17, 15) is 13.0 Å². The molecular formula is C10H19N3O3S. The summed E-state index contributed by atoms with van der Waals surface area (Å²) in [5.74, 6) is 0. The SMILES string of the molecule is CC[NH2+]CC.Nc1ccc(N)c(S(=O)(=O)[O-])c1. The minimum absolute atomic E-state index is 0.0841. The maximum absolute atomic E-state index is 10.5. The van der Waals surface area contributed by atoms with Gasteiger partial charge in [0.15, 0.2) is 0 Å². The fraction of sp³-hybridized carbons (Fsp3) is 0.400. The second kappa shape index (κ2) is 7.10. The zero-order chi connectivity index (χ0) is 13.5. The molecule has 0 amide bonds. The highest BCUT2D eigenvalue weighted by Crippen LogP contribution is 2.20. The van der Waals surface area contributed by atoms with Gasteiger partial charge in [0.05, 0.1) is 18.0 Å². The molecule has 0 fully saturated rings. The highest BCUT2D eigenvalue weighted by molar-refractivity contribution is 7.86. The molecular weight excluding hydrogens is 242 g/mol. The van der Waals surface area contributed by atoms with Crippen molar-refractivity contribution in [1.29, 1.82) is 0 Å². The topological polar surface area (TPSA) is 126 Å². The van der Waals surface area contributed by atoms with Crippen LogP contribution in [0.25, 0.3) is 0 Å². The average molecular weight is 261 g/mol. The molecule has 0 atom stereocenters. The van der Waals surface area contributed by atoms with Crippen LogP contribution in [0.5, 0.6) is 0 Å². The zero-order valence-corrected chi connectivity index (χ0v) is 10.8. The van der Waals surface area contributed by atoms with Gasteiger partial charge in [0.25, 0.3) is 0 Å². The summed E-state index contributed by atoms with van der Waals surface area (Å²) in [5.41, 5.74) is 10.6. The molecule has 6 N–H and O–H groups in total. The fourth-order valence-electron chi connectivity index (χ4n) is 1.06. The van der Waals surface area contributed by atoms with Crippen LogP contribution in [0, 0.1) is 0 Å². The molecule has 0 aromatic heterocycles. The first-order valence-electron chi connectivity index (χ1n) is 5.25. The molecule has 0 unspecified atom stereocenters. The van der Waals surface area contributed by atoms with Gasteiger partial charge < -0.3 is 21.3 Å². The smallest absolute Gasteiger partial charge is 0.126 e. The van der Waals surface area contributed by atoms with E-state index in [1.807, 2.05) is 0 Å². The Labute approximate surface area is 102 Å². The maximum atomic E-state index is 10.5. The van der Waals surface area contributed by atoms with Gasteiger partial charge in [-0.3, -0.25) is 0 Å². The first-order chi connectivity index (χ1) is 7.82. The third-order valence-electron chi connectivity index (χ3n) is 1.88. The van der Waals surface area contributed by atoms with Crippen molar-refractivity contribution in [3.63, 3.8) is 0 Å². The number of nitrogen functional groups attached to an aromatic ring is 2. The van der Waals surface area contributed by atoms with E-state index in [4.69, 9.17) is 11.5 Å². The highest BCUT2D eigenvalue weighted by atomic mass is 32.2. The molecule has 0 saturated heterocycles. The predicted molar refractivity (Wildman–Crippen MR) is 66.2 cm³/mol. The molecule has 17 heavy (non-hydrogen) atoms. The molecule has 0 bridgehead atoms. The Morgan fingerprint density at radius 1 is 1.24 bits per heavy atom. The average Bonchev–Trinajstić information content (AvgIpc) is 2.22. The molecule has 7 heteroatoms. The Morgan fingerprint density at radius 2 is 1.76 bits per heavy atom. The molecule has 0 aliphatic carbocycles. The van der Waals surface area contributed by atoms with Crippen molar-refractivity contribution < 1.29 is 18.3 Å². The quantitative estimate of drug-likeness (QED) is 0.492. The molecule has 0 aliphatic heterocycles. The minimum Gasteiger partial charge on any atom is -0.744 e. The highest BCUT2D eigenvalue weighted by Gasteiger charge is 2.05. The van der Waals surface area contributed by atoms with Crippen LogP contribution in [0.3, 0.4) is 0 Å². The lowest BCUT2D eigenvalue weighted by Gasteiger charge is -2.09. The van der Waals surface area contributed by atoms with Gasteiger partial charge in [0.2, 0.25) is 0 Å². The number of nitrogens with two attached hydrogens (primary N) is 3. The van der Waals surface area contributed by atoms with Crippen LogP contribution in [-0.4, -0.2) is 26.1 Å². The lowest BCUT2D eigenvalue weighted by atomic mass is 10.3. The fourth-order valence-corrected chi connectivity index (χ4v) is 1.69. The molecule has 0 saturated carbocycles. The zero-order valence-electron chi connectivity index (χ0n) is 10.0. The molecule has 0 radical (unpaired) electrons. The van der Waals surface area contributed by atoms with E-state index in [1.165, 1.54) is 25.2 Å². The third kappa shape index (κ3) is 6.10. The second-order valence-corrected chi connectivity index (χ2v) is 4.70. The molecule has 0 spiro atoms. The normalized spacial score (nSPS) is 10.5. The summed E-state index contributed by atoms with van der Waals surface area (Å²) in [6.45, 7) is 6.75. The van der Waals surface area contributed by atoms with Crippen molar-refractivity contribution in [3.05, 3.63) is 18.2 Å². The van der Waals surface area contributed by atoms with Gasteiger partial charge >= 0.3 is 0 Å². The van der Waals surface area contributed by atoms with Gasteiger partial charge in [-0.05, 0) is 32.0 Å². The summed E-state index contributed by atoms with van der Waals surface area (Å²) >= 11 is 0. The first kappa shape index (κ1) is 15.7. The first-order valence-corrected chi connectivity index (χ1v) is 6.66. The van der Waals surface area contributed by atoms with Crippen molar-refractivity contribution in [1.82, 2.24) is 0 Å². The third-order valence-corrected chi connectivity index (χ3v) is 2.78. The predicted octanol–water partition coefficient (Wildman–Crippen LogP) is -0.655. The van der Waals surface area contributed by atoms with Gasteiger partial charge in [-0.15, -0.1) is 0 Å². The standard InChI is InChI=1S/C6H8N2O3S.C4H11N/c7-4-1-2-5(8)6(3-4)12(9,10)11;1-3-5-4-2/h1-3H,7-8H2,(H,9,10,11);5H,3-4H2,1-2H3. The van der Waals surface area contributed by atoms with Crippen molar-refractivity contribution in [2.75, 3.05) is 24.6 Å². The Kier molecular flexibility index (Phi) is 6.55. The van der Waals surface area contributed by atoms with Crippen molar-refractivity contribution in [2.45, 2.75) is 18.7 Å². The van der Waals surface area contributed by atoms with Crippen molar-refractivity contribution in [2.24, 2.45) is 0 Å². The van der Waals surface area contributed by atoms with E-state index in [1.54, 1.807) is 0 Å². The van der Waals surface area contributed by atoms with E-state index >= 15 is 0 Å². The maximum Gasteiger partial charge on any atom is 0.126 e. The largest absolute Gasteiger partial charge is 0.744 e. The van der Waals surface area contributed by atoms with E-state index in [-0.39, 0.29) is 11.4 Å². The van der Waals surface area contributed by atoms with Crippen LogP contribution in [0.4, 0.5) is 11.4 Å². The number of rotatable bonds is 3. The van der Waals surface area contributed by atoms with Gasteiger partial charge in [-0.2, -0.15) is 0 Å². The molecule has 1 aromatic carbocycles. The summed E-state index contributed by atoms with van der Waals surface area (Å²) in [7, 11) is -4.51. The van der Waals surface area contributed by atoms with Crippen LogP contribution in [0.1, 0.15) is 13.8 Å². The van der Waals surface area contributed by atoms with Crippen molar-refractivity contribution >= 4 is 21.5 Å². The summed E-state index contributed by atoms with van der Waals surface area (Å²) in [5, 5.41) is 2.25. The lowest BCUT2D eigenvalue weighted by Crippen LogP contribution is -2.82. The van der Waals surface area contributed by atoms with Crippen LogP contribution < -0.4 is 16.8 Å². The van der Waals surface area contributed by atoms with Crippen LogP contribution in [0.2, 0.25) is 0 Å². The molecule has 1 rings (SSSR count). The van der Waals surface area contributed by atoms with E-state index in [0.717, 1.165) is 6.07 Å². The number of benzene rings is 1. The van der Waals surface area contributed by atoms with Crippen LogP contribution >= 0.6 is 0 Å². The van der Waals surface area contributed by atoms with E-state index < -0.39 is 15.0 Å². The van der Waals surface area contributed by atoms with Gasteiger partial charge in [-0.1, -0.05) is 0 Å².